The fourth-order valence-corrected chi connectivity index (χ4v) is 5.24. The Bertz CT molecular complexity index is 1760. The van der Waals surface area contributed by atoms with Crippen LogP contribution in [-0.4, -0.2) is 41.5 Å². The van der Waals surface area contributed by atoms with Crippen molar-refractivity contribution in [3.63, 3.8) is 0 Å². The minimum atomic E-state index is -1.53. The van der Waals surface area contributed by atoms with Gasteiger partial charge in [-0.15, -0.1) is 0 Å². The number of ether oxygens (including phenoxy) is 4. The van der Waals surface area contributed by atoms with Gasteiger partial charge in [-0.3, -0.25) is 10.1 Å². The molecule has 0 aliphatic carbocycles. The van der Waals surface area contributed by atoms with Crippen molar-refractivity contribution in [2.75, 3.05) is 19.8 Å². The van der Waals surface area contributed by atoms with Crippen LogP contribution in [0.4, 0.5) is 0 Å². The summed E-state index contributed by atoms with van der Waals surface area (Å²) in [6.45, 7) is 6.67. The van der Waals surface area contributed by atoms with Gasteiger partial charge in [0.15, 0.2) is 11.5 Å². The zero-order valence-electron chi connectivity index (χ0n) is 26.3. The number of rotatable bonds is 13. The predicted molar refractivity (Wildman–Crippen MR) is 173 cm³/mol. The number of aliphatic hydroxyl groups excluding tert-OH is 1. The predicted octanol–water partition coefficient (Wildman–Crippen LogP) is 5.95. The minimum Gasteiger partial charge on any atom is -0.488 e. The van der Waals surface area contributed by atoms with E-state index < -0.39 is 18.1 Å². The van der Waals surface area contributed by atoms with E-state index in [1.807, 2.05) is 55.5 Å². The number of aliphatic carboxylic acids is 1. The van der Waals surface area contributed by atoms with Gasteiger partial charge < -0.3 is 29.2 Å². The molecule has 3 N–H and O–H groups in total. The van der Waals surface area contributed by atoms with Crippen molar-refractivity contribution in [2.45, 2.75) is 52.5 Å². The Morgan fingerprint density at radius 1 is 0.935 bits per heavy atom. The van der Waals surface area contributed by atoms with E-state index in [4.69, 9.17) is 18.9 Å². The molecule has 0 saturated heterocycles. The summed E-state index contributed by atoms with van der Waals surface area (Å²) in [5, 5.41) is 31.7. The number of nitrogens with zero attached hydrogens (tertiary/aromatic N) is 1. The van der Waals surface area contributed by atoms with Crippen molar-refractivity contribution in [2.24, 2.45) is 0 Å². The first kappa shape index (κ1) is 32.4. The van der Waals surface area contributed by atoms with Gasteiger partial charge in [-0.25, -0.2) is 0 Å². The van der Waals surface area contributed by atoms with Gasteiger partial charge in [-0.1, -0.05) is 43.3 Å². The van der Waals surface area contributed by atoms with Gasteiger partial charge in [0.2, 0.25) is 0 Å². The zero-order chi connectivity index (χ0) is 32.7. The molecule has 5 rings (SSSR count). The lowest BCUT2D eigenvalue weighted by molar-refractivity contribution is -0.145. The highest BCUT2D eigenvalue weighted by Crippen LogP contribution is 2.37. The fourth-order valence-electron chi connectivity index (χ4n) is 5.24. The number of nitriles is 1. The lowest BCUT2D eigenvalue weighted by Crippen LogP contribution is -2.52. The van der Waals surface area contributed by atoms with Crippen LogP contribution in [0, 0.1) is 18.3 Å². The van der Waals surface area contributed by atoms with Crippen LogP contribution in [0.15, 0.2) is 72.8 Å². The number of benzene rings is 4. The van der Waals surface area contributed by atoms with E-state index >= 15 is 0 Å². The number of aliphatic hydroxyl groups is 1. The molecule has 0 spiro atoms. The van der Waals surface area contributed by atoms with Crippen LogP contribution in [0.3, 0.4) is 0 Å². The van der Waals surface area contributed by atoms with E-state index in [0.717, 1.165) is 50.4 Å². The molecule has 0 aromatic heterocycles. The van der Waals surface area contributed by atoms with Crippen molar-refractivity contribution in [3.8, 4) is 40.2 Å². The number of fused-ring (bicyclic) bond motifs is 1. The molecule has 9 nitrogen and oxygen atoms in total. The van der Waals surface area contributed by atoms with Gasteiger partial charge in [-0.05, 0) is 84.0 Å². The van der Waals surface area contributed by atoms with Crippen molar-refractivity contribution in [1.82, 2.24) is 5.32 Å². The van der Waals surface area contributed by atoms with Crippen molar-refractivity contribution < 1.29 is 34.0 Å². The van der Waals surface area contributed by atoms with Gasteiger partial charge >= 0.3 is 5.97 Å². The molecule has 0 unspecified atom stereocenters. The van der Waals surface area contributed by atoms with Gasteiger partial charge in [0.25, 0.3) is 0 Å². The van der Waals surface area contributed by atoms with Gasteiger partial charge in [0, 0.05) is 18.2 Å². The van der Waals surface area contributed by atoms with E-state index in [1.54, 1.807) is 18.2 Å². The lowest BCUT2D eigenvalue weighted by atomic mass is 9.96. The third-order valence-corrected chi connectivity index (χ3v) is 8.21. The zero-order valence-corrected chi connectivity index (χ0v) is 26.3. The summed E-state index contributed by atoms with van der Waals surface area (Å²) in [5.74, 6) is 1.49. The normalized spacial score (nSPS) is 13.4. The van der Waals surface area contributed by atoms with E-state index in [9.17, 15) is 20.3 Å². The first-order valence-electron chi connectivity index (χ1n) is 15.2. The summed E-state index contributed by atoms with van der Waals surface area (Å²) >= 11 is 0. The number of carboxylic acid groups (broad SMARTS) is 1. The molecule has 1 aliphatic rings. The molecule has 1 aliphatic heterocycles. The Balaban J connectivity index is 1.42. The Kier molecular flexibility index (Phi) is 10.1. The Morgan fingerprint density at radius 3 is 2.41 bits per heavy atom. The molecule has 0 amide bonds. The summed E-state index contributed by atoms with van der Waals surface area (Å²) in [6.07, 6.45) is 0.666. The second kappa shape index (κ2) is 14.4. The van der Waals surface area contributed by atoms with Crippen LogP contribution in [0.5, 0.6) is 23.0 Å². The van der Waals surface area contributed by atoms with Gasteiger partial charge in [0.05, 0.1) is 18.2 Å². The third-order valence-electron chi connectivity index (χ3n) is 8.21. The lowest BCUT2D eigenvalue weighted by Gasteiger charge is -2.25. The Labute approximate surface area is 268 Å². The van der Waals surface area contributed by atoms with E-state index in [0.29, 0.717) is 43.3 Å². The molecule has 46 heavy (non-hydrogen) atoms. The summed E-state index contributed by atoms with van der Waals surface area (Å²) in [6, 6.07) is 25.2. The summed E-state index contributed by atoms with van der Waals surface area (Å²) in [5.41, 5.74) is 5.68. The summed E-state index contributed by atoms with van der Waals surface area (Å²) in [7, 11) is 0. The molecule has 4 aromatic carbocycles. The molecule has 9 heteroatoms. The van der Waals surface area contributed by atoms with Crippen molar-refractivity contribution in [3.05, 3.63) is 106 Å². The van der Waals surface area contributed by atoms with Crippen LogP contribution in [0.2, 0.25) is 0 Å². The first-order chi connectivity index (χ1) is 22.2. The van der Waals surface area contributed by atoms with Crippen LogP contribution in [0.1, 0.15) is 47.2 Å². The minimum absolute atomic E-state index is 0.140. The average molecular weight is 623 g/mol. The van der Waals surface area contributed by atoms with Crippen LogP contribution in [-0.2, 0) is 31.0 Å². The van der Waals surface area contributed by atoms with E-state index in [1.165, 1.54) is 6.92 Å². The largest absolute Gasteiger partial charge is 0.488 e. The second-order valence-corrected chi connectivity index (χ2v) is 11.4. The number of carboxylic acids is 1. The molecule has 0 radical (unpaired) electrons. The summed E-state index contributed by atoms with van der Waals surface area (Å²) in [4.78, 5) is 11.8. The molecule has 1 atom stereocenters. The highest BCUT2D eigenvalue weighted by molar-refractivity contribution is 5.78. The van der Waals surface area contributed by atoms with E-state index in [-0.39, 0.29) is 13.2 Å². The highest BCUT2D eigenvalue weighted by Gasteiger charge is 2.32. The number of nitrogens with one attached hydrogen (secondary N) is 1. The maximum absolute atomic E-state index is 11.8. The number of aryl methyl sites for hydroxylation is 1. The van der Waals surface area contributed by atoms with Crippen LogP contribution in [0.25, 0.3) is 11.1 Å². The maximum atomic E-state index is 11.8. The number of hydrogen-bond donors (Lipinski definition) is 3. The average Bonchev–Trinajstić information content (AvgIpc) is 3.09. The number of hydrogen-bond acceptors (Lipinski definition) is 8. The fraction of sp³-hybridized carbons (Fsp3) is 0.297. The van der Waals surface area contributed by atoms with E-state index in [2.05, 4.69) is 24.4 Å². The van der Waals surface area contributed by atoms with Gasteiger partial charge in [0.1, 0.15) is 43.5 Å². The molecule has 0 saturated carbocycles. The van der Waals surface area contributed by atoms with Crippen molar-refractivity contribution >= 4 is 5.97 Å². The monoisotopic (exact) mass is 622 g/mol. The first-order valence-corrected chi connectivity index (χ1v) is 15.2. The van der Waals surface area contributed by atoms with Gasteiger partial charge in [-0.2, -0.15) is 5.26 Å². The van der Waals surface area contributed by atoms with Crippen molar-refractivity contribution in [1.29, 1.82) is 5.26 Å². The summed E-state index contributed by atoms with van der Waals surface area (Å²) < 4.78 is 24.2. The number of carbonyl (C=O) groups is 1. The highest BCUT2D eigenvalue weighted by atomic mass is 16.6. The molecule has 4 aromatic rings. The SMILES string of the molecule is CCc1cc(CN[C@](C)(CO)C(=O)O)c(OCc2cccc(C#N)c2)cc1OCc1cccc(-c2ccc3c(c2)OCCO3)c1C. The molecular formula is C37H38N2O7. The quantitative estimate of drug-likeness (QED) is 0.166. The standard InChI is InChI=1S/C37H38N2O7/c1-4-27-16-30(20-39-37(3,23-40)36(41)42)34(45-21-26-8-5-7-25(15-26)19-38)18-33(27)46-22-29-9-6-10-31(24(29)2)28-11-12-32-35(17-28)44-14-13-43-32/h5-12,15-18,39-40H,4,13-14,20-23H2,1-3H3,(H,41,42)/t37-/m1/s1. The van der Waals surface area contributed by atoms with Crippen LogP contribution >= 0.6 is 0 Å². The topological polar surface area (TPSA) is 130 Å². The molecule has 0 fully saturated rings. The Morgan fingerprint density at radius 2 is 1.67 bits per heavy atom. The molecule has 0 bridgehead atoms. The smallest absolute Gasteiger partial charge is 0.326 e. The molecular weight excluding hydrogens is 584 g/mol. The molecule has 238 valence electrons. The third kappa shape index (κ3) is 7.26. The maximum Gasteiger partial charge on any atom is 0.326 e. The molecule has 1 heterocycles. The Hall–Kier alpha value is -5.04. The van der Waals surface area contributed by atoms with Crippen LogP contribution < -0.4 is 24.3 Å². The second-order valence-electron chi connectivity index (χ2n) is 11.4.